The van der Waals surface area contributed by atoms with Crippen LogP contribution >= 0.6 is 0 Å². The van der Waals surface area contributed by atoms with Gasteiger partial charge in [-0.25, -0.2) is 0 Å². The molecule has 6 heteroatoms. The van der Waals surface area contributed by atoms with Crippen molar-refractivity contribution in [3.05, 3.63) is 77.6 Å². The van der Waals surface area contributed by atoms with E-state index in [1.54, 1.807) is 9.80 Å². The molecule has 1 fully saturated rings. The van der Waals surface area contributed by atoms with Crippen molar-refractivity contribution in [1.82, 2.24) is 20.0 Å². The number of benzene rings is 2. The van der Waals surface area contributed by atoms with Gasteiger partial charge < -0.3 is 9.80 Å². The zero-order valence-corrected chi connectivity index (χ0v) is 18.9. The number of amides is 2. The van der Waals surface area contributed by atoms with E-state index in [1.807, 2.05) is 43.4 Å². The monoisotopic (exact) mass is 430 g/mol. The molecule has 3 aromatic rings. The van der Waals surface area contributed by atoms with E-state index in [-0.39, 0.29) is 23.7 Å². The van der Waals surface area contributed by atoms with Crippen LogP contribution in [0.2, 0.25) is 0 Å². The minimum atomic E-state index is -0.306. The Kier molecular flexibility index (Phi) is 6.40. The Labute approximate surface area is 189 Å². The van der Waals surface area contributed by atoms with Crippen LogP contribution in [0.15, 0.2) is 60.7 Å². The molecule has 0 aliphatic carbocycles. The first-order chi connectivity index (χ1) is 15.4. The van der Waals surface area contributed by atoms with E-state index in [1.165, 1.54) is 0 Å². The maximum absolute atomic E-state index is 13.2. The Hall–Kier alpha value is -3.41. The molecule has 0 spiro atoms. The van der Waals surface area contributed by atoms with Gasteiger partial charge in [0.1, 0.15) is 5.69 Å². The van der Waals surface area contributed by atoms with Gasteiger partial charge in [-0.05, 0) is 35.1 Å². The lowest BCUT2D eigenvalue weighted by atomic mass is 9.91. The molecule has 0 radical (unpaired) electrons. The van der Waals surface area contributed by atoms with Crippen molar-refractivity contribution in [3.8, 4) is 11.1 Å². The van der Waals surface area contributed by atoms with Crippen LogP contribution in [0.4, 0.5) is 0 Å². The van der Waals surface area contributed by atoms with E-state index >= 15 is 0 Å². The molecular formula is C26H30N4O2. The van der Waals surface area contributed by atoms with Gasteiger partial charge in [-0.3, -0.25) is 14.7 Å². The lowest BCUT2D eigenvalue weighted by Gasteiger charge is -2.23. The Morgan fingerprint density at radius 1 is 1.09 bits per heavy atom. The van der Waals surface area contributed by atoms with Crippen LogP contribution in [0.1, 0.15) is 41.5 Å². The van der Waals surface area contributed by atoms with Crippen molar-refractivity contribution in [3.63, 3.8) is 0 Å². The first-order valence-electron chi connectivity index (χ1n) is 11.2. The van der Waals surface area contributed by atoms with Gasteiger partial charge in [0.05, 0.1) is 5.92 Å². The molecular weight excluding hydrogens is 400 g/mol. The summed E-state index contributed by atoms with van der Waals surface area (Å²) >= 11 is 0. The standard InChI is InChI=1S/C26H30N4O2/c1-18(2)23-16-24(28-27-23)26(32)30-14-13-29(3)25(31)21(17-30)15-20-11-7-8-12-22(20)19-9-5-4-6-10-19/h4-12,16,18,21H,13-15,17H2,1-3H3,(H,27,28)/t21-/m1/s1. The van der Waals surface area contributed by atoms with E-state index < -0.39 is 0 Å². The van der Waals surface area contributed by atoms with Gasteiger partial charge in [-0.15, -0.1) is 0 Å². The summed E-state index contributed by atoms with van der Waals surface area (Å²) in [6.07, 6.45) is 0.579. The summed E-state index contributed by atoms with van der Waals surface area (Å²) in [6, 6.07) is 20.2. The molecule has 166 valence electrons. The molecule has 1 saturated heterocycles. The van der Waals surface area contributed by atoms with E-state index in [2.05, 4.69) is 48.3 Å². The van der Waals surface area contributed by atoms with Crippen LogP contribution in [0.25, 0.3) is 11.1 Å². The average Bonchev–Trinajstić information content (AvgIpc) is 3.27. The molecule has 1 atom stereocenters. The second-order valence-electron chi connectivity index (χ2n) is 8.80. The first kappa shape index (κ1) is 21.8. The van der Waals surface area contributed by atoms with Crippen LogP contribution in [0.5, 0.6) is 0 Å². The largest absolute Gasteiger partial charge is 0.344 e. The summed E-state index contributed by atoms with van der Waals surface area (Å²) in [6.45, 7) is 5.52. The number of nitrogens with zero attached hydrogens (tertiary/aromatic N) is 3. The summed E-state index contributed by atoms with van der Waals surface area (Å²) in [5.41, 5.74) is 4.71. The summed E-state index contributed by atoms with van der Waals surface area (Å²) < 4.78 is 0. The number of aromatic nitrogens is 2. The number of hydrogen-bond acceptors (Lipinski definition) is 3. The molecule has 0 bridgehead atoms. The van der Waals surface area contributed by atoms with Gasteiger partial charge >= 0.3 is 0 Å². The van der Waals surface area contributed by atoms with Gasteiger partial charge in [0.25, 0.3) is 5.91 Å². The third kappa shape index (κ3) is 4.59. The smallest absolute Gasteiger partial charge is 0.274 e. The van der Waals surface area contributed by atoms with E-state index in [0.29, 0.717) is 31.7 Å². The molecule has 1 aliphatic heterocycles. The molecule has 2 amide bonds. The van der Waals surface area contributed by atoms with Gasteiger partial charge in [0.2, 0.25) is 5.91 Å². The quantitative estimate of drug-likeness (QED) is 0.666. The third-order valence-corrected chi connectivity index (χ3v) is 6.17. The second kappa shape index (κ2) is 9.39. The Morgan fingerprint density at radius 3 is 2.53 bits per heavy atom. The highest BCUT2D eigenvalue weighted by Crippen LogP contribution is 2.27. The lowest BCUT2D eigenvalue weighted by Crippen LogP contribution is -2.37. The van der Waals surface area contributed by atoms with Crippen LogP contribution in [0.3, 0.4) is 0 Å². The lowest BCUT2D eigenvalue weighted by molar-refractivity contribution is -0.133. The number of carbonyl (C=O) groups is 2. The Bertz CT molecular complexity index is 1090. The summed E-state index contributed by atoms with van der Waals surface area (Å²) in [5.74, 6) is -0.0892. The minimum Gasteiger partial charge on any atom is -0.344 e. The molecule has 0 unspecified atom stereocenters. The fourth-order valence-corrected chi connectivity index (χ4v) is 4.23. The van der Waals surface area contributed by atoms with Crippen molar-refractivity contribution in [2.75, 3.05) is 26.7 Å². The second-order valence-corrected chi connectivity index (χ2v) is 8.80. The van der Waals surface area contributed by atoms with E-state index in [0.717, 1.165) is 22.4 Å². The van der Waals surface area contributed by atoms with Crippen LogP contribution in [-0.2, 0) is 11.2 Å². The average molecular weight is 431 g/mol. The summed E-state index contributed by atoms with van der Waals surface area (Å²) in [5, 5.41) is 7.19. The van der Waals surface area contributed by atoms with Crippen LogP contribution in [0, 0.1) is 5.92 Å². The molecule has 1 aliphatic rings. The molecule has 6 nitrogen and oxygen atoms in total. The van der Waals surface area contributed by atoms with Crippen molar-refractivity contribution in [2.45, 2.75) is 26.2 Å². The van der Waals surface area contributed by atoms with Crippen molar-refractivity contribution in [1.29, 1.82) is 0 Å². The molecule has 2 aromatic carbocycles. The number of H-pyrrole nitrogens is 1. The molecule has 1 aromatic heterocycles. The maximum atomic E-state index is 13.2. The Morgan fingerprint density at radius 2 is 1.81 bits per heavy atom. The topological polar surface area (TPSA) is 69.3 Å². The number of nitrogens with one attached hydrogen (secondary N) is 1. The van der Waals surface area contributed by atoms with E-state index in [9.17, 15) is 9.59 Å². The zero-order valence-electron chi connectivity index (χ0n) is 18.9. The number of likely N-dealkylation sites (N-methyl/N-ethyl adjacent to an activating group) is 1. The van der Waals surface area contributed by atoms with Gasteiger partial charge in [-0.2, -0.15) is 5.10 Å². The SMILES string of the molecule is CC(C)c1cc(C(=O)N2CCN(C)C(=O)[C@H](Cc3ccccc3-c3ccccc3)C2)n[nH]1. The highest BCUT2D eigenvalue weighted by atomic mass is 16.2. The summed E-state index contributed by atoms with van der Waals surface area (Å²) in [4.78, 5) is 29.9. The molecule has 4 rings (SSSR count). The normalized spacial score (nSPS) is 17.0. The third-order valence-electron chi connectivity index (χ3n) is 6.17. The van der Waals surface area contributed by atoms with Crippen LogP contribution in [-0.4, -0.2) is 58.5 Å². The molecule has 1 N–H and O–H groups in total. The van der Waals surface area contributed by atoms with Crippen LogP contribution < -0.4 is 0 Å². The number of aromatic amines is 1. The Balaban J connectivity index is 1.59. The summed E-state index contributed by atoms with van der Waals surface area (Å²) in [7, 11) is 1.82. The molecule has 32 heavy (non-hydrogen) atoms. The maximum Gasteiger partial charge on any atom is 0.274 e. The van der Waals surface area contributed by atoms with Crippen molar-refractivity contribution in [2.24, 2.45) is 5.92 Å². The molecule has 2 heterocycles. The highest BCUT2D eigenvalue weighted by molar-refractivity contribution is 5.93. The fourth-order valence-electron chi connectivity index (χ4n) is 4.23. The fraction of sp³-hybridized carbons (Fsp3) is 0.346. The van der Waals surface area contributed by atoms with Crippen molar-refractivity contribution >= 4 is 11.8 Å². The molecule has 0 saturated carbocycles. The van der Waals surface area contributed by atoms with Gasteiger partial charge in [0.15, 0.2) is 0 Å². The highest BCUT2D eigenvalue weighted by Gasteiger charge is 2.32. The zero-order chi connectivity index (χ0) is 22.7. The van der Waals surface area contributed by atoms with E-state index in [4.69, 9.17) is 0 Å². The van der Waals surface area contributed by atoms with Crippen molar-refractivity contribution < 1.29 is 9.59 Å². The minimum absolute atomic E-state index is 0.0769. The van der Waals surface area contributed by atoms with Gasteiger partial charge in [0, 0.05) is 32.4 Å². The predicted molar refractivity (Wildman–Crippen MR) is 125 cm³/mol. The first-order valence-corrected chi connectivity index (χ1v) is 11.2. The number of carbonyl (C=O) groups excluding carboxylic acids is 2. The predicted octanol–water partition coefficient (Wildman–Crippen LogP) is 3.97. The number of hydrogen-bond donors (Lipinski definition) is 1. The number of rotatable bonds is 5. The van der Waals surface area contributed by atoms with Gasteiger partial charge in [-0.1, -0.05) is 68.4 Å².